The number of amides is 2. The quantitative estimate of drug-likeness (QED) is 0.520. The Labute approximate surface area is 165 Å². The molecule has 0 saturated heterocycles. The number of rotatable bonds is 4. The Kier molecular flexibility index (Phi) is 3.80. The van der Waals surface area contributed by atoms with E-state index in [1.807, 2.05) is 0 Å². The Bertz CT molecular complexity index is 1220. The van der Waals surface area contributed by atoms with Crippen molar-refractivity contribution in [3.05, 3.63) is 83.9 Å². The number of nitrogens with zero attached hydrogens (tertiary/aromatic N) is 2. The predicted octanol–water partition coefficient (Wildman–Crippen LogP) is 3.84. The first-order valence-corrected chi connectivity index (χ1v) is 8.98. The maximum atomic E-state index is 12.9. The number of carbonyl (C=O) groups excluding carboxylic acids is 2. The number of fused-ring (bicyclic) bond motifs is 1. The molecule has 0 saturated carbocycles. The number of hydrogen-bond acceptors (Lipinski definition) is 5. The first kappa shape index (κ1) is 17.0. The molecule has 2 aromatic carbocycles. The highest BCUT2D eigenvalue weighted by Crippen LogP contribution is 2.31. The molecule has 0 radical (unpaired) electrons. The molecule has 7 heteroatoms. The van der Waals surface area contributed by atoms with E-state index in [0.29, 0.717) is 22.6 Å². The van der Waals surface area contributed by atoms with Gasteiger partial charge in [-0.25, -0.2) is 0 Å². The van der Waals surface area contributed by atoms with E-state index < -0.39 is 0 Å². The molecule has 2 N–H and O–H groups in total. The number of benzene rings is 2. The number of phenolic OH excluding ortho intramolecular Hbond substituents is 1. The molecule has 0 aliphatic carbocycles. The predicted molar refractivity (Wildman–Crippen MR) is 104 cm³/mol. The van der Waals surface area contributed by atoms with Crippen LogP contribution < -0.4 is 0 Å². The minimum atomic E-state index is -0.355. The third kappa shape index (κ3) is 2.89. The lowest BCUT2D eigenvalue weighted by Crippen LogP contribution is -2.28. The summed E-state index contributed by atoms with van der Waals surface area (Å²) in [6.07, 6.45) is 3.34. The fraction of sp³-hybridized carbons (Fsp3) is 0.0455. The lowest BCUT2D eigenvalue weighted by atomic mass is 10.0. The van der Waals surface area contributed by atoms with Crippen LogP contribution >= 0.6 is 0 Å². The van der Waals surface area contributed by atoms with Gasteiger partial charge in [-0.1, -0.05) is 18.2 Å². The summed E-state index contributed by atoms with van der Waals surface area (Å²) in [6, 6.07) is 15.4. The van der Waals surface area contributed by atoms with Crippen molar-refractivity contribution in [3.63, 3.8) is 0 Å². The van der Waals surface area contributed by atoms with Gasteiger partial charge < -0.3 is 9.52 Å². The molecule has 0 spiro atoms. The van der Waals surface area contributed by atoms with Crippen molar-refractivity contribution in [2.45, 2.75) is 6.54 Å². The molecule has 0 atom stereocenters. The maximum absolute atomic E-state index is 12.9. The number of nitrogens with one attached hydrogen (secondary N) is 1. The Morgan fingerprint density at radius 2 is 1.66 bits per heavy atom. The van der Waals surface area contributed by atoms with E-state index in [4.69, 9.17) is 4.42 Å². The molecule has 1 aliphatic heterocycles. The van der Waals surface area contributed by atoms with E-state index in [2.05, 4.69) is 10.2 Å². The summed E-state index contributed by atoms with van der Waals surface area (Å²) in [5.41, 5.74) is 3.17. The molecule has 0 fully saturated rings. The van der Waals surface area contributed by atoms with Crippen molar-refractivity contribution in [2.75, 3.05) is 0 Å². The van der Waals surface area contributed by atoms with Crippen molar-refractivity contribution >= 4 is 11.8 Å². The average molecular weight is 385 g/mol. The number of aromatic hydroxyl groups is 1. The molecule has 1 aliphatic rings. The highest BCUT2D eigenvalue weighted by Gasteiger charge is 2.36. The number of furan rings is 1. The first-order valence-electron chi connectivity index (χ1n) is 8.98. The van der Waals surface area contributed by atoms with Crippen LogP contribution in [-0.2, 0) is 6.54 Å². The second-order valence-corrected chi connectivity index (χ2v) is 6.76. The zero-order chi connectivity index (χ0) is 20.0. The smallest absolute Gasteiger partial charge is 0.261 e. The highest BCUT2D eigenvalue weighted by atomic mass is 16.3. The molecular formula is C22H15N3O4. The van der Waals surface area contributed by atoms with Gasteiger partial charge in [-0.3, -0.25) is 19.6 Å². The molecule has 3 heterocycles. The van der Waals surface area contributed by atoms with Gasteiger partial charge in [0.1, 0.15) is 17.3 Å². The summed E-state index contributed by atoms with van der Waals surface area (Å²) >= 11 is 0. The number of carbonyl (C=O) groups is 2. The molecular weight excluding hydrogens is 370 g/mol. The summed E-state index contributed by atoms with van der Waals surface area (Å²) in [6.45, 7) is 0.0543. The molecule has 2 aromatic heterocycles. The Hall–Kier alpha value is -4.13. The van der Waals surface area contributed by atoms with Gasteiger partial charge in [-0.15, -0.1) is 0 Å². The van der Waals surface area contributed by atoms with Gasteiger partial charge >= 0.3 is 0 Å². The van der Waals surface area contributed by atoms with Gasteiger partial charge in [-0.05, 0) is 47.5 Å². The summed E-state index contributed by atoms with van der Waals surface area (Å²) in [5, 5.41) is 16.1. The molecule has 4 aromatic rings. The lowest BCUT2D eigenvalue weighted by Gasteiger charge is -2.11. The van der Waals surface area contributed by atoms with Crippen molar-refractivity contribution < 1.29 is 19.1 Å². The van der Waals surface area contributed by atoms with Crippen molar-refractivity contribution in [1.82, 2.24) is 15.1 Å². The Morgan fingerprint density at radius 1 is 0.897 bits per heavy atom. The summed E-state index contributed by atoms with van der Waals surface area (Å²) in [7, 11) is 0. The van der Waals surface area contributed by atoms with E-state index in [9.17, 15) is 14.7 Å². The molecule has 0 unspecified atom stereocenters. The zero-order valence-electron chi connectivity index (χ0n) is 15.1. The number of phenols is 1. The normalized spacial score (nSPS) is 13.2. The summed E-state index contributed by atoms with van der Waals surface area (Å²) < 4.78 is 5.76. The fourth-order valence-corrected chi connectivity index (χ4v) is 3.43. The summed E-state index contributed by atoms with van der Waals surface area (Å²) in [5.74, 6) is 0.588. The maximum Gasteiger partial charge on any atom is 0.261 e. The van der Waals surface area contributed by atoms with Crippen LogP contribution in [-0.4, -0.2) is 32.0 Å². The molecule has 7 nitrogen and oxygen atoms in total. The fourth-order valence-electron chi connectivity index (χ4n) is 3.43. The third-order valence-electron chi connectivity index (χ3n) is 4.93. The molecule has 29 heavy (non-hydrogen) atoms. The van der Waals surface area contributed by atoms with Crippen molar-refractivity contribution in [2.24, 2.45) is 0 Å². The Balaban J connectivity index is 1.42. The second kappa shape index (κ2) is 6.49. The van der Waals surface area contributed by atoms with Gasteiger partial charge in [0.05, 0.1) is 29.4 Å². The van der Waals surface area contributed by atoms with Gasteiger partial charge in [0, 0.05) is 6.20 Å². The standard InChI is InChI=1S/C22H15N3O4/c26-16-4-1-13(2-5-16)14-3-7-18-19(9-14)22(28)25(21(18)27)12-17-6-8-20(29-17)15-10-23-24-11-15/h1-11,26H,12H2,(H,23,24). The van der Waals surface area contributed by atoms with Crippen LogP contribution in [0.25, 0.3) is 22.5 Å². The van der Waals surface area contributed by atoms with Gasteiger partial charge in [0.25, 0.3) is 11.8 Å². The van der Waals surface area contributed by atoms with Crippen LogP contribution in [0.3, 0.4) is 0 Å². The van der Waals surface area contributed by atoms with E-state index >= 15 is 0 Å². The van der Waals surface area contributed by atoms with Crippen LogP contribution in [0.2, 0.25) is 0 Å². The number of aromatic amines is 1. The largest absolute Gasteiger partial charge is 0.508 e. The minimum Gasteiger partial charge on any atom is -0.508 e. The monoisotopic (exact) mass is 385 g/mol. The zero-order valence-corrected chi connectivity index (χ0v) is 15.1. The van der Waals surface area contributed by atoms with E-state index in [1.54, 1.807) is 67.0 Å². The van der Waals surface area contributed by atoms with Gasteiger partial charge in [0.15, 0.2) is 0 Å². The van der Waals surface area contributed by atoms with Crippen LogP contribution in [0.4, 0.5) is 0 Å². The molecule has 142 valence electrons. The van der Waals surface area contributed by atoms with Gasteiger partial charge in [0.2, 0.25) is 0 Å². The highest BCUT2D eigenvalue weighted by molar-refractivity contribution is 6.21. The number of H-pyrrole nitrogens is 1. The van der Waals surface area contributed by atoms with E-state index in [0.717, 1.165) is 16.7 Å². The molecule has 2 amide bonds. The average Bonchev–Trinajstić information content (AvgIpc) is 3.46. The SMILES string of the molecule is O=C1c2ccc(-c3ccc(O)cc3)cc2C(=O)N1Cc1ccc(-c2cn[nH]c2)o1. The third-order valence-corrected chi connectivity index (χ3v) is 4.93. The second-order valence-electron chi connectivity index (χ2n) is 6.76. The summed E-state index contributed by atoms with van der Waals surface area (Å²) in [4.78, 5) is 26.8. The van der Waals surface area contributed by atoms with Crippen LogP contribution in [0.15, 0.2) is 71.4 Å². The van der Waals surface area contributed by atoms with Crippen molar-refractivity contribution in [1.29, 1.82) is 0 Å². The van der Waals surface area contributed by atoms with Crippen molar-refractivity contribution in [3.8, 4) is 28.2 Å². The Morgan fingerprint density at radius 3 is 2.41 bits per heavy atom. The van der Waals surface area contributed by atoms with Crippen LogP contribution in [0, 0.1) is 0 Å². The first-order chi connectivity index (χ1) is 14.1. The molecule has 0 bridgehead atoms. The number of imide groups is 1. The van der Waals surface area contributed by atoms with E-state index in [-0.39, 0.29) is 24.1 Å². The molecule has 5 rings (SSSR count). The topological polar surface area (TPSA) is 99.4 Å². The van der Waals surface area contributed by atoms with Crippen LogP contribution in [0.5, 0.6) is 5.75 Å². The minimum absolute atomic E-state index is 0.0543. The van der Waals surface area contributed by atoms with E-state index in [1.165, 1.54) is 4.90 Å². The lowest BCUT2D eigenvalue weighted by molar-refractivity contribution is 0.0632. The number of hydrogen-bond donors (Lipinski definition) is 2. The van der Waals surface area contributed by atoms with Crippen LogP contribution in [0.1, 0.15) is 26.5 Å². The van der Waals surface area contributed by atoms with Gasteiger partial charge in [-0.2, -0.15) is 5.10 Å². The number of aromatic nitrogens is 2.